The molecule has 0 aromatic rings. The smallest absolute Gasteiger partial charge is 0.0559 e. The van der Waals surface area contributed by atoms with Crippen LogP contribution in [-0.4, -0.2) is 25.8 Å². The Morgan fingerprint density at radius 2 is 1.79 bits per heavy atom. The number of ether oxygens (including phenoxy) is 1. The summed E-state index contributed by atoms with van der Waals surface area (Å²) in [4.78, 5) is 0. The zero-order chi connectivity index (χ0) is 10.8. The van der Waals surface area contributed by atoms with Gasteiger partial charge in [-0.1, -0.05) is 20.8 Å². The van der Waals surface area contributed by atoms with Crippen LogP contribution in [0.4, 0.5) is 0 Å². The van der Waals surface area contributed by atoms with Gasteiger partial charge in [-0.05, 0) is 45.2 Å². The molecule has 0 spiro atoms. The van der Waals surface area contributed by atoms with Crippen LogP contribution in [0.25, 0.3) is 0 Å². The molecule has 0 saturated carbocycles. The van der Waals surface area contributed by atoms with E-state index in [1.165, 1.54) is 12.8 Å². The fourth-order valence-corrected chi connectivity index (χ4v) is 1.20. The zero-order valence-corrected chi connectivity index (χ0v) is 10.3. The third-order valence-electron chi connectivity index (χ3n) is 2.25. The average Bonchev–Trinajstić information content (AvgIpc) is 2.12. The second-order valence-electron chi connectivity index (χ2n) is 4.40. The van der Waals surface area contributed by atoms with Gasteiger partial charge in [0.2, 0.25) is 0 Å². The summed E-state index contributed by atoms with van der Waals surface area (Å²) in [5.41, 5.74) is 0. The molecule has 0 fully saturated rings. The predicted molar refractivity (Wildman–Crippen MR) is 62.6 cm³/mol. The van der Waals surface area contributed by atoms with E-state index >= 15 is 0 Å². The molecule has 0 saturated heterocycles. The maximum atomic E-state index is 5.69. The summed E-state index contributed by atoms with van der Waals surface area (Å²) in [6.45, 7) is 11.9. The molecule has 1 atom stereocenters. The van der Waals surface area contributed by atoms with Crippen LogP contribution >= 0.6 is 0 Å². The summed E-state index contributed by atoms with van der Waals surface area (Å²) < 4.78 is 5.69. The molecule has 0 aromatic heterocycles. The number of hydrogen-bond donors (Lipinski definition) is 1. The standard InChI is InChI=1S/C12H27NO/c1-5-8-13-9-6-12(4)14-10-7-11(2)3/h11-13H,5-10H2,1-4H3. The highest BCUT2D eigenvalue weighted by Crippen LogP contribution is 2.03. The molecule has 0 aromatic carbocycles. The van der Waals surface area contributed by atoms with Gasteiger partial charge in [0.1, 0.15) is 0 Å². The van der Waals surface area contributed by atoms with E-state index in [4.69, 9.17) is 4.74 Å². The molecule has 2 nitrogen and oxygen atoms in total. The van der Waals surface area contributed by atoms with Crippen LogP contribution in [0, 0.1) is 5.92 Å². The molecule has 1 unspecified atom stereocenters. The van der Waals surface area contributed by atoms with E-state index in [0.717, 1.165) is 32.0 Å². The van der Waals surface area contributed by atoms with Crippen molar-refractivity contribution in [3.8, 4) is 0 Å². The van der Waals surface area contributed by atoms with E-state index in [-0.39, 0.29) is 0 Å². The summed E-state index contributed by atoms with van der Waals surface area (Å²) >= 11 is 0. The lowest BCUT2D eigenvalue weighted by molar-refractivity contribution is 0.0535. The van der Waals surface area contributed by atoms with Crippen molar-refractivity contribution in [1.82, 2.24) is 5.32 Å². The molecule has 0 heterocycles. The van der Waals surface area contributed by atoms with Crippen LogP contribution in [0.1, 0.15) is 47.0 Å². The van der Waals surface area contributed by atoms with Gasteiger partial charge in [-0.15, -0.1) is 0 Å². The minimum atomic E-state index is 0.401. The summed E-state index contributed by atoms with van der Waals surface area (Å²) in [5, 5.41) is 3.39. The first kappa shape index (κ1) is 13.9. The van der Waals surface area contributed by atoms with Crippen LogP contribution in [0.15, 0.2) is 0 Å². The van der Waals surface area contributed by atoms with E-state index < -0.39 is 0 Å². The minimum Gasteiger partial charge on any atom is -0.378 e. The van der Waals surface area contributed by atoms with Crippen LogP contribution in [0.2, 0.25) is 0 Å². The first-order chi connectivity index (χ1) is 6.66. The fourth-order valence-electron chi connectivity index (χ4n) is 1.20. The van der Waals surface area contributed by atoms with E-state index in [1.54, 1.807) is 0 Å². The van der Waals surface area contributed by atoms with Gasteiger partial charge in [0, 0.05) is 6.61 Å². The lowest BCUT2D eigenvalue weighted by Crippen LogP contribution is -2.21. The highest BCUT2D eigenvalue weighted by atomic mass is 16.5. The SMILES string of the molecule is CCCNCCC(C)OCCC(C)C. The van der Waals surface area contributed by atoms with E-state index in [1.807, 2.05) is 0 Å². The van der Waals surface area contributed by atoms with E-state index in [2.05, 4.69) is 33.0 Å². The van der Waals surface area contributed by atoms with Crippen molar-refractivity contribution in [3.63, 3.8) is 0 Å². The van der Waals surface area contributed by atoms with Gasteiger partial charge in [0.15, 0.2) is 0 Å². The van der Waals surface area contributed by atoms with E-state index in [9.17, 15) is 0 Å². The molecule has 14 heavy (non-hydrogen) atoms. The van der Waals surface area contributed by atoms with Crippen molar-refractivity contribution in [2.75, 3.05) is 19.7 Å². The second kappa shape index (κ2) is 9.47. The van der Waals surface area contributed by atoms with Crippen LogP contribution < -0.4 is 5.32 Å². The van der Waals surface area contributed by atoms with Crippen LogP contribution in [-0.2, 0) is 4.74 Å². The van der Waals surface area contributed by atoms with Crippen LogP contribution in [0.5, 0.6) is 0 Å². The molecule has 0 aliphatic rings. The van der Waals surface area contributed by atoms with Crippen LogP contribution in [0.3, 0.4) is 0 Å². The largest absolute Gasteiger partial charge is 0.378 e. The van der Waals surface area contributed by atoms with Gasteiger partial charge in [0.25, 0.3) is 0 Å². The average molecular weight is 201 g/mol. The molecule has 1 N–H and O–H groups in total. The third-order valence-corrected chi connectivity index (χ3v) is 2.25. The molecule has 86 valence electrons. The molecule has 0 amide bonds. The first-order valence-electron chi connectivity index (χ1n) is 5.99. The predicted octanol–water partition coefficient (Wildman–Crippen LogP) is 2.83. The van der Waals surface area contributed by atoms with Crippen molar-refractivity contribution >= 4 is 0 Å². The number of rotatable bonds is 9. The highest BCUT2D eigenvalue weighted by molar-refractivity contribution is 4.54. The molecule has 0 bridgehead atoms. The monoisotopic (exact) mass is 201 g/mol. The molecule has 0 rings (SSSR count). The van der Waals surface area contributed by atoms with Gasteiger partial charge >= 0.3 is 0 Å². The highest BCUT2D eigenvalue weighted by Gasteiger charge is 2.02. The molecular weight excluding hydrogens is 174 g/mol. The van der Waals surface area contributed by atoms with Crippen molar-refractivity contribution in [1.29, 1.82) is 0 Å². The van der Waals surface area contributed by atoms with Crippen molar-refractivity contribution < 1.29 is 4.74 Å². The zero-order valence-electron chi connectivity index (χ0n) is 10.3. The van der Waals surface area contributed by atoms with E-state index in [0.29, 0.717) is 6.10 Å². The summed E-state index contributed by atoms with van der Waals surface area (Å²) in [6.07, 6.45) is 3.91. The van der Waals surface area contributed by atoms with Gasteiger partial charge in [-0.25, -0.2) is 0 Å². The van der Waals surface area contributed by atoms with Gasteiger partial charge < -0.3 is 10.1 Å². The Kier molecular flexibility index (Phi) is 9.42. The lowest BCUT2D eigenvalue weighted by atomic mass is 10.1. The Hall–Kier alpha value is -0.0800. The number of nitrogens with one attached hydrogen (secondary N) is 1. The Morgan fingerprint density at radius 1 is 1.07 bits per heavy atom. The van der Waals surface area contributed by atoms with Gasteiger partial charge in [-0.3, -0.25) is 0 Å². The van der Waals surface area contributed by atoms with Crippen molar-refractivity contribution in [2.45, 2.75) is 53.1 Å². The maximum absolute atomic E-state index is 5.69. The first-order valence-corrected chi connectivity index (χ1v) is 5.99. The fraction of sp³-hybridized carbons (Fsp3) is 1.00. The Balaban J connectivity index is 3.15. The summed E-state index contributed by atoms with van der Waals surface area (Å²) in [5.74, 6) is 0.750. The third kappa shape index (κ3) is 10.0. The lowest BCUT2D eigenvalue weighted by Gasteiger charge is -2.14. The maximum Gasteiger partial charge on any atom is 0.0559 e. The summed E-state index contributed by atoms with van der Waals surface area (Å²) in [7, 11) is 0. The Bertz CT molecular complexity index is 115. The molecule has 2 heteroatoms. The topological polar surface area (TPSA) is 21.3 Å². The van der Waals surface area contributed by atoms with Gasteiger partial charge in [-0.2, -0.15) is 0 Å². The molecule has 0 aliphatic heterocycles. The minimum absolute atomic E-state index is 0.401. The van der Waals surface area contributed by atoms with Crippen molar-refractivity contribution in [2.24, 2.45) is 5.92 Å². The Morgan fingerprint density at radius 3 is 2.36 bits per heavy atom. The normalized spacial score (nSPS) is 13.5. The Labute approximate surface area is 89.4 Å². The molecule has 0 aliphatic carbocycles. The van der Waals surface area contributed by atoms with Gasteiger partial charge in [0.05, 0.1) is 6.10 Å². The quantitative estimate of drug-likeness (QED) is 0.579. The second-order valence-corrected chi connectivity index (χ2v) is 4.40. The number of hydrogen-bond acceptors (Lipinski definition) is 2. The molecular formula is C12H27NO. The summed E-state index contributed by atoms with van der Waals surface area (Å²) in [6, 6.07) is 0. The molecule has 0 radical (unpaired) electrons. The van der Waals surface area contributed by atoms with Crippen molar-refractivity contribution in [3.05, 3.63) is 0 Å².